The minimum absolute atomic E-state index is 0.0258. The summed E-state index contributed by atoms with van der Waals surface area (Å²) in [6.45, 7) is 6.01. The van der Waals surface area contributed by atoms with Crippen molar-refractivity contribution in [2.24, 2.45) is 5.92 Å². The molecule has 2 unspecified atom stereocenters. The fourth-order valence-corrected chi connectivity index (χ4v) is 9.19. The van der Waals surface area contributed by atoms with E-state index in [1.807, 2.05) is 36.4 Å². The summed E-state index contributed by atoms with van der Waals surface area (Å²) >= 11 is 6.50. The van der Waals surface area contributed by atoms with Crippen LogP contribution in [0.4, 0.5) is 40.2 Å². The summed E-state index contributed by atoms with van der Waals surface area (Å²) in [6.07, 6.45) is 5.28. The molecule has 5 heterocycles. The third kappa shape index (κ3) is 9.67. The predicted molar refractivity (Wildman–Crippen MR) is 245 cm³/mol. The van der Waals surface area contributed by atoms with Gasteiger partial charge in [0.25, 0.3) is 11.8 Å². The molecule has 4 aromatic rings. The Kier molecular flexibility index (Phi) is 13.4. The van der Waals surface area contributed by atoms with E-state index in [1.165, 1.54) is 12.3 Å². The molecule has 5 amide bonds. The van der Waals surface area contributed by atoms with Gasteiger partial charge in [-0.25, -0.2) is 9.19 Å². The number of anilines is 7. The molecular weight excluding hydrogens is 862 g/mol. The second kappa shape index (κ2) is 19.3. The second-order valence-electron chi connectivity index (χ2n) is 16.2. The zero-order chi connectivity index (χ0) is 45.1. The van der Waals surface area contributed by atoms with E-state index >= 15 is 0 Å². The van der Waals surface area contributed by atoms with Gasteiger partial charge in [-0.1, -0.05) is 29.8 Å². The van der Waals surface area contributed by atoms with Gasteiger partial charge < -0.3 is 30.5 Å². The molecular formula is C44H50ClN11O7S. The molecule has 8 rings (SSSR count). The van der Waals surface area contributed by atoms with Crippen molar-refractivity contribution in [3.8, 4) is 5.75 Å². The molecule has 64 heavy (non-hydrogen) atoms. The molecule has 0 radical (unpaired) electrons. The van der Waals surface area contributed by atoms with Gasteiger partial charge in [-0.3, -0.25) is 43.4 Å². The maximum atomic E-state index is 13.4. The van der Waals surface area contributed by atoms with Crippen LogP contribution in [0.1, 0.15) is 46.4 Å². The lowest BCUT2D eigenvalue weighted by molar-refractivity contribution is -0.136. The summed E-state index contributed by atoms with van der Waals surface area (Å²) in [6, 6.07) is 17.1. The molecule has 0 aliphatic carbocycles. The third-order valence-corrected chi connectivity index (χ3v) is 13.4. The van der Waals surface area contributed by atoms with Crippen LogP contribution in [0.2, 0.25) is 5.02 Å². The molecule has 4 N–H and O–H groups in total. The van der Waals surface area contributed by atoms with Gasteiger partial charge in [-0.2, -0.15) is 4.98 Å². The van der Waals surface area contributed by atoms with Crippen LogP contribution in [-0.2, 0) is 25.4 Å². The van der Waals surface area contributed by atoms with E-state index in [-0.39, 0.29) is 42.1 Å². The number of methoxy groups -OCH3 is 1. The number of benzene rings is 3. The largest absolute Gasteiger partial charge is 0.494 e. The van der Waals surface area contributed by atoms with Crippen LogP contribution in [0.3, 0.4) is 0 Å². The quantitative estimate of drug-likeness (QED) is 0.131. The third-order valence-electron chi connectivity index (χ3n) is 12.1. The number of carbonyl (C=O) groups is 5. The van der Waals surface area contributed by atoms with Gasteiger partial charge >= 0.3 is 0 Å². The van der Waals surface area contributed by atoms with Gasteiger partial charge in [0, 0.05) is 77.3 Å². The molecule has 0 spiro atoms. The Morgan fingerprint density at radius 2 is 1.64 bits per heavy atom. The van der Waals surface area contributed by atoms with Crippen LogP contribution in [-0.4, -0.2) is 137 Å². The molecule has 2 atom stereocenters. The summed E-state index contributed by atoms with van der Waals surface area (Å²) in [4.78, 5) is 80.9. The lowest BCUT2D eigenvalue weighted by Gasteiger charge is -2.39. The maximum absolute atomic E-state index is 13.4. The first-order valence-corrected chi connectivity index (χ1v) is 23.0. The topological polar surface area (TPSA) is 202 Å². The van der Waals surface area contributed by atoms with Crippen molar-refractivity contribution < 1.29 is 32.9 Å². The number of hydrogen-bond acceptors (Lipinski definition) is 14. The zero-order valence-corrected chi connectivity index (χ0v) is 37.3. The maximum Gasteiger partial charge on any atom is 0.264 e. The van der Waals surface area contributed by atoms with E-state index < -0.39 is 40.7 Å². The molecule has 3 aromatic carbocycles. The monoisotopic (exact) mass is 911 g/mol. The predicted octanol–water partition coefficient (Wildman–Crippen LogP) is 4.23. The summed E-state index contributed by atoms with van der Waals surface area (Å²) < 4.78 is 19.6. The number of ether oxygens (including phenoxy) is 1. The van der Waals surface area contributed by atoms with Crippen LogP contribution in [0.15, 0.2) is 66.9 Å². The first-order valence-electron chi connectivity index (χ1n) is 21.1. The summed E-state index contributed by atoms with van der Waals surface area (Å²) in [7, 11) is 2.15. The van der Waals surface area contributed by atoms with Gasteiger partial charge in [-0.05, 0) is 61.6 Å². The average Bonchev–Trinajstić information content (AvgIpc) is 3.54. The van der Waals surface area contributed by atoms with Gasteiger partial charge in [0.05, 0.1) is 53.7 Å². The smallest absolute Gasteiger partial charge is 0.264 e. The molecule has 4 aliphatic rings. The number of piperidine rings is 2. The van der Waals surface area contributed by atoms with Gasteiger partial charge in [0.1, 0.15) is 27.8 Å². The first-order chi connectivity index (χ1) is 30.9. The molecule has 0 bridgehead atoms. The number of hydrogen-bond donors (Lipinski definition) is 4. The number of carbonyl (C=O) groups excluding carboxylic acids is 5. The van der Waals surface area contributed by atoms with E-state index in [9.17, 15) is 28.2 Å². The molecule has 20 heteroatoms. The van der Waals surface area contributed by atoms with Crippen LogP contribution in [0, 0.1) is 5.92 Å². The number of piperazine rings is 1. The lowest BCUT2D eigenvalue weighted by atomic mass is 9.95. The fraction of sp³-hybridized carbons (Fsp3) is 0.386. The van der Waals surface area contributed by atoms with Crippen LogP contribution >= 0.6 is 11.6 Å². The van der Waals surface area contributed by atoms with E-state index in [2.05, 4.69) is 52.0 Å². The van der Waals surface area contributed by atoms with E-state index in [4.69, 9.17) is 16.3 Å². The summed E-state index contributed by atoms with van der Waals surface area (Å²) in [5.74, 6) is -0.817. The number of aromatic nitrogens is 2. The highest BCUT2D eigenvalue weighted by molar-refractivity contribution is 7.85. The number of nitrogens with zero attached hydrogens (tertiary/aromatic N) is 7. The zero-order valence-electron chi connectivity index (χ0n) is 35.8. The molecule has 4 aliphatic heterocycles. The van der Waals surface area contributed by atoms with Gasteiger partial charge in [0.2, 0.25) is 23.7 Å². The minimum atomic E-state index is -1.23. The van der Waals surface area contributed by atoms with E-state index in [0.29, 0.717) is 52.9 Å². The van der Waals surface area contributed by atoms with Crippen LogP contribution in [0.5, 0.6) is 5.75 Å². The number of para-hydroxylation sites is 2. The molecule has 336 valence electrons. The summed E-state index contributed by atoms with van der Waals surface area (Å²) in [5, 5.41) is 11.9. The highest BCUT2D eigenvalue weighted by atomic mass is 35.5. The molecule has 18 nitrogen and oxygen atoms in total. The number of imide groups is 2. The van der Waals surface area contributed by atoms with Crippen molar-refractivity contribution in [3.05, 3.63) is 83.0 Å². The van der Waals surface area contributed by atoms with Crippen LogP contribution in [0.25, 0.3) is 0 Å². The van der Waals surface area contributed by atoms with E-state index in [0.717, 1.165) is 61.8 Å². The standard InChI is InChI=1S/C44H50ClN11O7S/c1-52(64(3)62)34-10-5-4-8-31(34)48-40-30(45)24-46-44(51-40)49-32-12-11-28(23-36(32)63-2)55-17-15-27(16-18-55)25-53-19-21-54(22-20-53)26-38(58)47-33-9-6-7-29-39(33)43(61)56(42(29)60)35-13-14-37(57)50-41(35)59/h4-12,23-24,27,35H,13-22,25-26H2,1-3H3,(H,47,58)(H,50,57,59)(H2,46,48,49,51). The van der Waals surface area contributed by atoms with Crippen molar-refractivity contribution in [2.45, 2.75) is 31.7 Å². The number of rotatable bonds is 14. The van der Waals surface area contributed by atoms with Crippen molar-refractivity contribution in [1.29, 1.82) is 0 Å². The SMILES string of the molecule is COc1cc(N2CCC(CN3CCN(CC(=O)Nc4cccc5c4C(=O)N(C4CCC(=O)NC4=O)C5=O)CC3)CC2)ccc1Nc1ncc(Cl)c(Nc2ccccc2N(C)S(C)=O)n1. The Bertz CT molecular complexity index is 2500. The van der Waals surface area contributed by atoms with Crippen molar-refractivity contribution in [1.82, 2.24) is 30.0 Å². The summed E-state index contributed by atoms with van der Waals surface area (Å²) in [5.41, 5.74) is 3.58. The lowest BCUT2D eigenvalue weighted by Crippen LogP contribution is -2.54. The minimum Gasteiger partial charge on any atom is -0.494 e. The average molecular weight is 912 g/mol. The highest BCUT2D eigenvalue weighted by Gasteiger charge is 2.46. The Morgan fingerprint density at radius 3 is 2.38 bits per heavy atom. The Morgan fingerprint density at radius 1 is 0.906 bits per heavy atom. The first kappa shape index (κ1) is 44.5. The molecule has 3 fully saturated rings. The molecule has 0 saturated carbocycles. The molecule has 1 aromatic heterocycles. The second-order valence-corrected chi connectivity index (χ2v) is 18.0. The van der Waals surface area contributed by atoms with Crippen LogP contribution < -0.4 is 35.2 Å². The van der Waals surface area contributed by atoms with E-state index in [1.54, 1.807) is 36.9 Å². The number of amides is 5. The normalized spacial score (nSPS) is 19.0. The number of nitrogens with one attached hydrogen (secondary N) is 4. The Hall–Kier alpha value is -6.15. The van der Waals surface area contributed by atoms with Gasteiger partial charge in [-0.15, -0.1) is 0 Å². The number of fused-ring (bicyclic) bond motifs is 1. The highest BCUT2D eigenvalue weighted by Crippen LogP contribution is 2.36. The van der Waals surface area contributed by atoms with Crippen molar-refractivity contribution in [3.63, 3.8) is 0 Å². The number of halogens is 1. The Labute approximate surface area is 378 Å². The fourth-order valence-electron chi connectivity index (χ4n) is 8.62. The van der Waals surface area contributed by atoms with Crippen molar-refractivity contribution >= 4 is 92.3 Å². The van der Waals surface area contributed by atoms with Gasteiger partial charge in [0.15, 0.2) is 5.82 Å². The Balaban J connectivity index is 0.798. The van der Waals surface area contributed by atoms with Crippen molar-refractivity contribution in [2.75, 3.05) is 97.9 Å². The molecule has 3 saturated heterocycles.